The number of hydrogen-bond acceptors (Lipinski definition) is 4. The molecule has 1 aromatic carbocycles. The molecule has 2 amide bonds. The number of furan rings is 1. The molecule has 1 unspecified atom stereocenters. The van der Waals surface area contributed by atoms with E-state index in [1.54, 1.807) is 12.1 Å². The number of nitrogens with zero attached hydrogens (tertiary/aromatic N) is 2. The third-order valence-corrected chi connectivity index (χ3v) is 5.57. The molecule has 33 heavy (non-hydrogen) atoms. The Hall–Kier alpha value is -3.33. The van der Waals surface area contributed by atoms with Crippen LogP contribution >= 0.6 is 11.6 Å². The van der Waals surface area contributed by atoms with Gasteiger partial charge in [-0.3, -0.25) is 9.59 Å². The number of amides is 2. The number of hydrogen-bond donors (Lipinski definition) is 1. The maximum absolute atomic E-state index is 13.0. The average molecular weight is 478 g/mol. The quantitative estimate of drug-likeness (QED) is 0.538. The average Bonchev–Trinajstić information content (AvgIpc) is 3.30. The fourth-order valence-corrected chi connectivity index (χ4v) is 3.78. The summed E-state index contributed by atoms with van der Waals surface area (Å²) in [5.74, 6) is -0.586. The van der Waals surface area contributed by atoms with Crippen LogP contribution in [0.25, 0.3) is 11.3 Å². The third-order valence-electron chi connectivity index (χ3n) is 5.35. The Balaban J connectivity index is 1.44. The summed E-state index contributed by atoms with van der Waals surface area (Å²) in [5, 5.41) is 3.17. The maximum atomic E-state index is 13.0. The maximum Gasteiger partial charge on any atom is 0.416 e. The van der Waals surface area contributed by atoms with Gasteiger partial charge in [0.05, 0.1) is 16.5 Å². The number of benzene rings is 1. The summed E-state index contributed by atoms with van der Waals surface area (Å²) in [6.07, 6.45) is -1.82. The van der Waals surface area contributed by atoms with E-state index in [9.17, 15) is 22.8 Å². The minimum atomic E-state index is -4.48. The molecule has 0 aliphatic carbocycles. The molecule has 1 aliphatic rings. The number of nitrogens with one attached hydrogen (secondary N) is 1. The molecule has 6 nitrogen and oxygen atoms in total. The number of carbonyl (C=O) groups excluding carboxylic acids is 2. The highest BCUT2D eigenvalue weighted by Gasteiger charge is 2.32. The molecule has 10 heteroatoms. The Kier molecular flexibility index (Phi) is 6.42. The van der Waals surface area contributed by atoms with Crippen LogP contribution in [0.4, 0.5) is 19.0 Å². The highest BCUT2D eigenvalue weighted by Crippen LogP contribution is 2.33. The lowest BCUT2D eigenvalue weighted by atomic mass is 9.97. The molecule has 172 valence electrons. The fraction of sp³-hybridized carbons (Fsp3) is 0.261. The van der Waals surface area contributed by atoms with Crippen LogP contribution in [0.5, 0.6) is 0 Å². The summed E-state index contributed by atoms with van der Waals surface area (Å²) in [6, 6.07) is 10.8. The van der Waals surface area contributed by atoms with Crippen molar-refractivity contribution in [2.24, 2.45) is 5.92 Å². The molecular weight excluding hydrogens is 459 g/mol. The lowest BCUT2D eigenvalue weighted by Crippen LogP contribution is -2.43. The lowest BCUT2D eigenvalue weighted by Gasteiger charge is -2.31. The zero-order chi connectivity index (χ0) is 23.6. The highest BCUT2D eigenvalue weighted by atomic mass is 35.5. The Morgan fingerprint density at radius 3 is 2.70 bits per heavy atom. The summed E-state index contributed by atoms with van der Waals surface area (Å²) in [5.41, 5.74) is -0.584. The number of anilines is 1. The van der Waals surface area contributed by atoms with E-state index >= 15 is 0 Å². The first kappa shape index (κ1) is 22.8. The molecule has 1 fully saturated rings. The predicted octanol–water partition coefficient (Wildman–Crippen LogP) is 5.50. The number of carbonyl (C=O) groups is 2. The molecule has 0 radical (unpaired) electrons. The van der Waals surface area contributed by atoms with Gasteiger partial charge in [-0.1, -0.05) is 23.7 Å². The van der Waals surface area contributed by atoms with E-state index in [0.29, 0.717) is 30.2 Å². The zero-order valence-electron chi connectivity index (χ0n) is 17.2. The standard InChI is InChI=1S/C23H19ClF3N3O3/c24-17-6-9-20(28-12-17)29-21(31)15-4-2-10-30(13-15)22(32)19-8-7-18(33-19)14-3-1-5-16(11-14)23(25,26)27/h1,3,5-9,11-12,15H,2,4,10,13H2,(H,28,29,31). The number of rotatable bonds is 4. The van der Waals surface area contributed by atoms with Crippen molar-refractivity contribution in [2.45, 2.75) is 19.0 Å². The van der Waals surface area contributed by atoms with Gasteiger partial charge >= 0.3 is 6.18 Å². The molecule has 1 N–H and O–H groups in total. The number of piperidine rings is 1. The van der Waals surface area contributed by atoms with Crippen LogP contribution in [0.1, 0.15) is 29.0 Å². The predicted molar refractivity (Wildman–Crippen MR) is 116 cm³/mol. The van der Waals surface area contributed by atoms with E-state index in [0.717, 1.165) is 12.1 Å². The van der Waals surface area contributed by atoms with Crippen LogP contribution in [0, 0.1) is 5.92 Å². The molecule has 4 rings (SSSR count). The number of likely N-dealkylation sites (tertiary alicyclic amines) is 1. The molecule has 1 aliphatic heterocycles. The van der Waals surface area contributed by atoms with Gasteiger partial charge in [0.15, 0.2) is 5.76 Å². The third kappa shape index (κ3) is 5.36. The molecule has 0 saturated carbocycles. The molecule has 1 saturated heterocycles. The number of halogens is 4. The second-order valence-electron chi connectivity index (χ2n) is 7.68. The second-order valence-corrected chi connectivity index (χ2v) is 8.12. The van der Waals surface area contributed by atoms with E-state index in [2.05, 4.69) is 10.3 Å². The van der Waals surface area contributed by atoms with E-state index in [1.807, 2.05) is 0 Å². The van der Waals surface area contributed by atoms with Crippen molar-refractivity contribution in [1.82, 2.24) is 9.88 Å². The minimum Gasteiger partial charge on any atom is -0.451 e. The van der Waals surface area contributed by atoms with Crippen molar-refractivity contribution < 1.29 is 27.2 Å². The Morgan fingerprint density at radius 2 is 1.97 bits per heavy atom. The molecule has 3 heterocycles. The smallest absolute Gasteiger partial charge is 0.416 e. The van der Waals surface area contributed by atoms with Crippen LogP contribution in [-0.2, 0) is 11.0 Å². The van der Waals surface area contributed by atoms with E-state index in [-0.39, 0.29) is 29.5 Å². The van der Waals surface area contributed by atoms with Gasteiger partial charge in [-0.15, -0.1) is 0 Å². The van der Waals surface area contributed by atoms with Crippen molar-refractivity contribution >= 4 is 29.2 Å². The van der Waals surface area contributed by atoms with Crippen LogP contribution in [0.2, 0.25) is 5.02 Å². The molecule has 1 atom stereocenters. The number of pyridine rings is 1. The Bertz CT molecular complexity index is 1160. The van der Waals surface area contributed by atoms with Crippen LogP contribution < -0.4 is 5.32 Å². The second kappa shape index (κ2) is 9.27. The number of aromatic nitrogens is 1. The molecule has 3 aromatic rings. The van der Waals surface area contributed by atoms with Crippen LogP contribution in [-0.4, -0.2) is 34.8 Å². The summed E-state index contributed by atoms with van der Waals surface area (Å²) in [6.45, 7) is 0.638. The molecule has 2 aromatic heterocycles. The van der Waals surface area contributed by atoms with Gasteiger partial charge in [0.25, 0.3) is 5.91 Å². The first-order chi connectivity index (χ1) is 15.7. The van der Waals surface area contributed by atoms with E-state index in [1.165, 1.54) is 35.4 Å². The summed E-state index contributed by atoms with van der Waals surface area (Å²) in [7, 11) is 0. The topological polar surface area (TPSA) is 75.4 Å². The summed E-state index contributed by atoms with van der Waals surface area (Å²) >= 11 is 5.80. The van der Waals surface area contributed by atoms with Gasteiger partial charge in [-0.05, 0) is 49.2 Å². The van der Waals surface area contributed by atoms with Crippen molar-refractivity contribution in [3.8, 4) is 11.3 Å². The van der Waals surface area contributed by atoms with Gasteiger partial charge in [0.2, 0.25) is 5.91 Å². The lowest BCUT2D eigenvalue weighted by molar-refractivity contribution is -0.137. The van der Waals surface area contributed by atoms with Crippen molar-refractivity contribution in [2.75, 3.05) is 18.4 Å². The molecule has 0 spiro atoms. The fourth-order valence-electron chi connectivity index (χ4n) is 3.67. The summed E-state index contributed by atoms with van der Waals surface area (Å²) < 4.78 is 44.5. The molecular formula is C23H19ClF3N3O3. The van der Waals surface area contributed by atoms with Crippen molar-refractivity contribution in [3.05, 3.63) is 71.1 Å². The number of alkyl halides is 3. The van der Waals surface area contributed by atoms with Gasteiger partial charge in [-0.25, -0.2) is 4.98 Å². The van der Waals surface area contributed by atoms with Crippen molar-refractivity contribution in [1.29, 1.82) is 0 Å². The van der Waals surface area contributed by atoms with E-state index in [4.69, 9.17) is 16.0 Å². The van der Waals surface area contributed by atoms with Gasteiger partial charge in [0.1, 0.15) is 11.6 Å². The summed E-state index contributed by atoms with van der Waals surface area (Å²) in [4.78, 5) is 31.1. The minimum absolute atomic E-state index is 0.00263. The Morgan fingerprint density at radius 1 is 1.15 bits per heavy atom. The van der Waals surface area contributed by atoms with Gasteiger partial charge in [-0.2, -0.15) is 13.2 Å². The van der Waals surface area contributed by atoms with Crippen LogP contribution in [0.3, 0.4) is 0 Å². The first-order valence-electron chi connectivity index (χ1n) is 10.2. The monoisotopic (exact) mass is 477 g/mol. The van der Waals surface area contributed by atoms with Gasteiger partial charge in [0, 0.05) is 24.8 Å². The van der Waals surface area contributed by atoms with Gasteiger partial charge < -0.3 is 14.6 Å². The van der Waals surface area contributed by atoms with Crippen LogP contribution in [0.15, 0.2) is 59.1 Å². The zero-order valence-corrected chi connectivity index (χ0v) is 18.0. The largest absolute Gasteiger partial charge is 0.451 e. The molecule has 0 bridgehead atoms. The normalized spacial score (nSPS) is 16.5. The SMILES string of the molecule is O=C(Nc1ccc(Cl)cn1)C1CCCN(C(=O)c2ccc(-c3cccc(C(F)(F)F)c3)o2)C1. The van der Waals surface area contributed by atoms with Crippen molar-refractivity contribution in [3.63, 3.8) is 0 Å². The highest BCUT2D eigenvalue weighted by molar-refractivity contribution is 6.30. The van der Waals surface area contributed by atoms with E-state index < -0.39 is 23.6 Å². The Labute approximate surface area is 192 Å². The first-order valence-corrected chi connectivity index (χ1v) is 10.6.